The van der Waals surface area contributed by atoms with Gasteiger partial charge in [-0.25, -0.2) is 0 Å². The van der Waals surface area contributed by atoms with Crippen LogP contribution < -0.4 is 5.32 Å². The third-order valence-electron chi connectivity index (χ3n) is 6.73. The number of pyridine rings is 1. The Kier molecular flexibility index (Phi) is 6.86. The third kappa shape index (κ3) is 4.82. The van der Waals surface area contributed by atoms with Crippen LogP contribution in [0.2, 0.25) is 0 Å². The Morgan fingerprint density at radius 2 is 2.24 bits per heavy atom. The van der Waals surface area contributed by atoms with E-state index in [0.29, 0.717) is 27.5 Å². The summed E-state index contributed by atoms with van der Waals surface area (Å²) >= 11 is 2.89. The predicted octanol–water partition coefficient (Wildman–Crippen LogP) is 5.08. The first kappa shape index (κ1) is 23.5. The van der Waals surface area contributed by atoms with Crippen molar-refractivity contribution in [2.45, 2.75) is 51.6 Å². The molecule has 3 aromatic rings. The molecule has 172 valence electrons. The van der Waals surface area contributed by atoms with E-state index >= 15 is 0 Å². The molecule has 0 spiro atoms. The molecule has 1 aliphatic rings. The number of aromatic nitrogens is 4. The topological polar surface area (TPSA) is 96.5 Å². The number of thiophene rings is 1. The Morgan fingerprint density at radius 1 is 1.42 bits per heavy atom. The summed E-state index contributed by atoms with van der Waals surface area (Å²) in [5.74, 6) is 1.35. The van der Waals surface area contributed by atoms with Gasteiger partial charge in [-0.3, -0.25) is 9.78 Å². The number of fused-ring (bicyclic) bond motifs is 1. The molecular weight excluding hydrogens is 452 g/mol. The maximum atomic E-state index is 12.7. The van der Waals surface area contributed by atoms with Gasteiger partial charge < -0.3 is 9.88 Å². The first-order chi connectivity index (χ1) is 15.8. The van der Waals surface area contributed by atoms with Crippen LogP contribution >= 0.6 is 23.1 Å². The highest BCUT2D eigenvalue weighted by Gasteiger charge is 2.34. The first-order valence-corrected chi connectivity index (χ1v) is 12.9. The largest absolute Gasteiger partial charge is 0.316 e. The van der Waals surface area contributed by atoms with Crippen molar-refractivity contribution < 1.29 is 4.79 Å². The molecule has 33 heavy (non-hydrogen) atoms. The molecule has 1 unspecified atom stereocenters. The molecule has 1 amide bonds. The van der Waals surface area contributed by atoms with E-state index in [2.05, 4.69) is 47.3 Å². The SMILES string of the molecule is CCC(C)(C)C1CCc2c(sc(NC(=O)CSc3nnc(-c4cccnc4)n3C)c2C#N)C1. The number of nitrogens with zero attached hydrogens (tertiary/aromatic N) is 5. The maximum Gasteiger partial charge on any atom is 0.235 e. The van der Waals surface area contributed by atoms with E-state index in [-0.39, 0.29) is 17.1 Å². The van der Waals surface area contributed by atoms with Crippen LogP contribution in [0.15, 0.2) is 29.7 Å². The van der Waals surface area contributed by atoms with E-state index in [0.717, 1.165) is 36.8 Å². The summed E-state index contributed by atoms with van der Waals surface area (Å²) in [6.45, 7) is 6.89. The highest BCUT2D eigenvalue weighted by atomic mass is 32.2. The fourth-order valence-corrected chi connectivity index (χ4v) is 6.23. The fourth-order valence-electron chi connectivity index (χ4n) is 4.23. The average molecular weight is 481 g/mol. The van der Waals surface area contributed by atoms with Gasteiger partial charge in [0.05, 0.1) is 11.3 Å². The molecule has 3 aromatic heterocycles. The molecule has 9 heteroatoms. The van der Waals surface area contributed by atoms with Gasteiger partial charge in [0.2, 0.25) is 5.91 Å². The smallest absolute Gasteiger partial charge is 0.235 e. The summed E-state index contributed by atoms with van der Waals surface area (Å²) in [7, 11) is 1.87. The van der Waals surface area contributed by atoms with Gasteiger partial charge in [0, 0.05) is 29.9 Å². The molecule has 7 nitrogen and oxygen atoms in total. The van der Waals surface area contributed by atoms with Crippen LogP contribution in [0.3, 0.4) is 0 Å². The summed E-state index contributed by atoms with van der Waals surface area (Å²) in [5.41, 5.74) is 2.91. The van der Waals surface area contributed by atoms with Crippen molar-refractivity contribution in [3.8, 4) is 17.5 Å². The van der Waals surface area contributed by atoms with Crippen LogP contribution in [0.25, 0.3) is 11.4 Å². The first-order valence-electron chi connectivity index (χ1n) is 11.1. The zero-order chi connectivity index (χ0) is 23.6. The zero-order valence-electron chi connectivity index (χ0n) is 19.4. The maximum absolute atomic E-state index is 12.7. The molecule has 0 bridgehead atoms. The molecule has 4 rings (SSSR count). The summed E-state index contributed by atoms with van der Waals surface area (Å²) < 4.78 is 1.86. The van der Waals surface area contributed by atoms with E-state index in [4.69, 9.17) is 0 Å². The lowest BCUT2D eigenvalue weighted by molar-refractivity contribution is -0.113. The Balaban J connectivity index is 1.43. The second-order valence-electron chi connectivity index (χ2n) is 9.05. The van der Waals surface area contributed by atoms with Crippen LogP contribution in [-0.2, 0) is 24.7 Å². The summed E-state index contributed by atoms with van der Waals surface area (Å²) in [5, 5.41) is 22.5. The van der Waals surface area contributed by atoms with E-state index in [1.807, 2.05) is 23.7 Å². The van der Waals surface area contributed by atoms with Crippen LogP contribution in [0, 0.1) is 22.7 Å². The fraction of sp³-hybridized carbons (Fsp3) is 0.458. The summed E-state index contributed by atoms with van der Waals surface area (Å²) in [6, 6.07) is 6.11. The highest BCUT2D eigenvalue weighted by Crippen LogP contribution is 2.45. The second kappa shape index (κ2) is 9.65. The van der Waals surface area contributed by atoms with Crippen molar-refractivity contribution in [2.75, 3.05) is 11.1 Å². The van der Waals surface area contributed by atoms with Gasteiger partial charge in [-0.2, -0.15) is 5.26 Å². The van der Waals surface area contributed by atoms with E-state index in [9.17, 15) is 10.1 Å². The quantitative estimate of drug-likeness (QED) is 0.474. The minimum atomic E-state index is -0.147. The number of amides is 1. The van der Waals surface area contributed by atoms with Gasteiger partial charge in [0.25, 0.3) is 0 Å². The summed E-state index contributed by atoms with van der Waals surface area (Å²) in [6.07, 6.45) is 7.56. The van der Waals surface area contributed by atoms with Crippen LogP contribution in [0.4, 0.5) is 5.00 Å². The van der Waals surface area contributed by atoms with Crippen molar-refractivity contribution in [3.05, 3.63) is 40.5 Å². The lowest BCUT2D eigenvalue weighted by atomic mass is 9.69. The third-order valence-corrected chi connectivity index (χ3v) is 8.92. The van der Waals surface area contributed by atoms with Crippen LogP contribution in [-0.4, -0.2) is 31.4 Å². The van der Waals surface area contributed by atoms with Crippen molar-refractivity contribution in [1.29, 1.82) is 5.26 Å². The summed E-state index contributed by atoms with van der Waals surface area (Å²) in [4.78, 5) is 18.1. The molecule has 0 aliphatic heterocycles. The van der Waals surface area contributed by atoms with E-state index in [1.165, 1.54) is 16.6 Å². The van der Waals surface area contributed by atoms with Gasteiger partial charge in [-0.15, -0.1) is 21.5 Å². The molecule has 3 heterocycles. The molecule has 0 aromatic carbocycles. The number of anilines is 1. The van der Waals surface area contributed by atoms with Gasteiger partial charge in [-0.1, -0.05) is 39.0 Å². The number of nitrogens with one attached hydrogen (secondary N) is 1. The molecular formula is C24H28N6OS2. The zero-order valence-corrected chi connectivity index (χ0v) is 21.0. The number of hydrogen-bond donors (Lipinski definition) is 1. The number of thioether (sulfide) groups is 1. The molecule has 1 atom stereocenters. The number of carbonyl (C=O) groups is 1. The highest BCUT2D eigenvalue weighted by molar-refractivity contribution is 7.99. The molecule has 0 radical (unpaired) electrons. The van der Waals surface area contributed by atoms with Crippen molar-refractivity contribution >= 4 is 34.0 Å². The lowest BCUT2D eigenvalue weighted by Gasteiger charge is -2.36. The minimum absolute atomic E-state index is 0.147. The van der Waals surface area contributed by atoms with Crippen molar-refractivity contribution in [2.24, 2.45) is 18.4 Å². The molecule has 0 saturated heterocycles. The number of carbonyl (C=O) groups excluding carboxylic acids is 1. The van der Waals surface area contributed by atoms with Gasteiger partial charge in [0.1, 0.15) is 11.1 Å². The number of rotatable bonds is 7. The molecule has 1 N–H and O–H groups in total. The monoisotopic (exact) mass is 480 g/mol. The van der Waals surface area contributed by atoms with Crippen LogP contribution in [0.1, 0.15) is 49.6 Å². The van der Waals surface area contributed by atoms with E-state index < -0.39 is 0 Å². The standard InChI is InChI=1S/C24H28N6OS2/c1-5-24(2,3)16-8-9-17-18(12-25)22(33-19(17)11-16)27-20(31)14-32-23-29-28-21(30(23)4)15-7-6-10-26-13-15/h6-7,10,13,16H,5,8-9,11,14H2,1-4H3,(H,27,31). The Morgan fingerprint density at radius 3 is 2.94 bits per heavy atom. The Labute approximate surface area is 202 Å². The number of hydrogen-bond acceptors (Lipinski definition) is 7. The van der Waals surface area contributed by atoms with E-state index in [1.54, 1.807) is 23.7 Å². The molecule has 0 fully saturated rings. The Hall–Kier alpha value is -2.70. The van der Waals surface area contributed by atoms with Gasteiger partial charge >= 0.3 is 0 Å². The van der Waals surface area contributed by atoms with Crippen LogP contribution in [0.5, 0.6) is 0 Å². The normalized spacial score (nSPS) is 15.7. The predicted molar refractivity (Wildman–Crippen MR) is 132 cm³/mol. The average Bonchev–Trinajstić information content (AvgIpc) is 3.36. The lowest BCUT2D eigenvalue weighted by Crippen LogP contribution is -2.28. The van der Waals surface area contributed by atoms with Gasteiger partial charge in [0.15, 0.2) is 11.0 Å². The van der Waals surface area contributed by atoms with Crippen molar-refractivity contribution in [3.63, 3.8) is 0 Å². The van der Waals surface area contributed by atoms with Crippen molar-refractivity contribution in [1.82, 2.24) is 19.7 Å². The number of nitriles is 1. The molecule has 1 aliphatic carbocycles. The van der Waals surface area contributed by atoms with Gasteiger partial charge in [-0.05, 0) is 48.3 Å². The molecule has 0 saturated carbocycles. The second-order valence-corrected chi connectivity index (χ2v) is 11.1. The minimum Gasteiger partial charge on any atom is -0.316 e. The Bertz CT molecular complexity index is 1190.